The van der Waals surface area contributed by atoms with Gasteiger partial charge >= 0.3 is 94.5 Å². The topological polar surface area (TPSA) is 0 Å². The Balaban J connectivity index is 2.69. The van der Waals surface area contributed by atoms with Crippen LogP contribution in [0.3, 0.4) is 0 Å². The predicted octanol–water partition coefficient (Wildman–Crippen LogP) is 2.85. The van der Waals surface area contributed by atoms with E-state index in [4.69, 9.17) is 0 Å². The van der Waals surface area contributed by atoms with Crippen molar-refractivity contribution in [1.29, 1.82) is 0 Å². The van der Waals surface area contributed by atoms with E-state index in [-0.39, 0.29) is 0 Å². The minimum absolute atomic E-state index is 0.419. The molecule has 0 bridgehead atoms. The van der Waals surface area contributed by atoms with Gasteiger partial charge < -0.3 is 0 Å². The van der Waals surface area contributed by atoms with Crippen LogP contribution in [0.5, 0.6) is 0 Å². The van der Waals surface area contributed by atoms with Crippen molar-refractivity contribution in [1.82, 2.24) is 0 Å². The Labute approximate surface area is 95.0 Å². The fraction of sp³-hybridized carbons (Fsp3) is 0.200. The van der Waals surface area contributed by atoms with E-state index in [1.54, 1.807) is 18.2 Å². The number of hydrogen-bond donors (Lipinski definition) is 0. The SMILES string of the molecule is FC(F)(F)C(F)(F)[Se]C#Cc1ccccc1. The van der Waals surface area contributed by atoms with Gasteiger partial charge in [0.2, 0.25) is 0 Å². The summed E-state index contributed by atoms with van der Waals surface area (Å²) in [7, 11) is 0. The Bertz CT molecular complexity index is 399. The number of halogens is 5. The van der Waals surface area contributed by atoms with Crippen LogP contribution in [0, 0.1) is 10.7 Å². The van der Waals surface area contributed by atoms with Gasteiger partial charge in [0, 0.05) is 0 Å². The third-order valence-corrected chi connectivity index (χ3v) is 2.93. The molecule has 0 atom stereocenters. The van der Waals surface area contributed by atoms with Crippen LogP contribution in [0.1, 0.15) is 5.56 Å². The Kier molecular flexibility index (Phi) is 3.95. The second kappa shape index (κ2) is 4.86. The summed E-state index contributed by atoms with van der Waals surface area (Å²) in [6, 6.07) is 8.02. The van der Waals surface area contributed by atoms with E-state index in [9.17, 15) is 22.0 Å². The summed E-state index contributed by atoms with van der Waals surface area (Å²) < 4.78 is 60.1. The molecule has 0 N–H and O–H groups in total. The molecule has 0 aliphatic rings. The molecule has 1 aromatic carbocycles. The van der Waals surface area contributed by atoms with Gasteiger partial charge in [-0.05, 0) is 0 Å². The second-order valence-electron chi connectivity index (χ2n) is 2.71. The van der Waals surface area contributed by atoms with Crippen LogP contribution in [0.25, 0.3) is 0 Å². The molecule has 0 saturated carbocycles. The van der Waals surface area contributed by atoms with Gasteiger partial charge in [-0.25, -0.2) is 0 Å². The summed E-state index contributed by atoms with van der Waals surface area (Å²) in [4.78, 5) is -2.80. The Hall–Kier alpha value is -1.05. The van der Waals surface area contributed by atoms with E-state index in [0.29, 0.717) is 5.56 Å². The fourth-order valence-electron chi connectivity index (χ4n) is 0.728. The van der Waals surface area contributed by atoms with E-state index in [1.165, 1.54) is 12.1 Å². The molecule has 86 valence electrons. The van der Waals surface area contributed by atoms with Crippen molar-refractivity contribution in [3.8, 4) is 10.7 Å². The van der Waals surface area contributed by atoms with E-state index in [0.717, 1.165) is 0 Å². The van der Waals surface area contributed by atoms with Gasteiger partial charge in [-0.3, -0.25) is 0 Å². The standard InChI is InChI=1S/C10H5F5Se/c11-9(12,13)10(14,15)16-7-6-8-4-2-1-3-5-8/h1-5H. The maximum atomic E-state index is 12.4. The summed E-state index contributed by atoms with van der Waals surface area (Å²) in [6.45, 7) is 0. The normalized spacial score (nSPS) is 11.8. The molecule has 0 saturated heterocycles. The Morgan fingerprint density at radius 3 is 2.00 bits per heavy atom. The summed E-state index contributed by atoms with van der Waals surface area (Å²) in [5, 5.41) is 0. The predicted molar refractivity (Wildman–Crippen MR) is 50.1 cm³/mol. The molecule has 0 aliphatic carbocycles. The molecule has 0 fully saturated rings. The van der Waals surface area contributed by atoms with Gasteiger partial charge in [0.1, 0.15) is 0 Å². The first-order chi connectivity index (χ1) is 7.33. The molecule has 0 heterocycles. The number of hydrogen-bond acceptors (Lipinski definition) is 0. The van der Waals surface area contributed by atoms with Gasteiger partial charge in [-0.15, -0.1) is 0 Å². The molecule has 1 aromatic rings. The van der Waals surface area contributed by atoms with Crippen molar-refractivity contribution < 1.29 is 22.0 Å². The first-order valence-electron chi connectivity index (χ1n) is 4.01. The van der Waals surface area contributed by atoms with E-state index in [2.05, 4.69) is 5.92 Å². The minimum atomic E-state index is -5.52. The summed E-state index contributed by atoms with van der Waals surface area (Å²) >= 11 is -2.11. The van der Waals surface area contributed by atoms with Gasteiger partial charge in [0.25, 0.3) is 0 Å². The fourth-order valence-corrected chi connectivity index (χ4v) is 1.59. The van der Waals surface area contributed by atoms with Crippen LogP contribution < -0.4 is 0 Å². The molecule has 0 aromatic heterocycles. The molecular weight excluding hydrogens is 294 g/mol. The Morgan fingerprint density at radius 1 is 0.938 bits per heavy atom. The van der Waals surface area contributed by atoms with Crippen molar-refractivity contribution in [2.45, 2.75) is 11.0 Å². The summed E-state index contributed by atoms with van der Waals surface area (Å²) in [5.74, 6) is 2.27. The third kappa shape index (κ3) is 3.51. The molecule has 0 nitrogen and oxygen atoms in total. The first kappa shape index (κ1) is 13.0. The average Bonchev–Trinajstić information content (AvgIpc) is 2.17. The average molecular weight is 299 g/mol. The van der Waals surface area contributed by atoms with E-state index < -0.39 is 26.0 Å². The number of rotatable bonds is 1. The monoisotopic (exact) mass is 300 g/mol. The molecular formula is C10H5F5Se. The van der Waals surface area contributed by atoms with Crippen molar-refractivity contribution >= 4 is 15.0 Å². The number of alkyl halides is 5. The quantitative estimate of drug-likeness (QED) is 0.425. The van der Waals surface area contributed by atoms with Gasteiger partial charge in [-0.1, -0.05) is 0 Å². The van der Waals surface area contributed by atoms with Crippen molar-refractivity contribution in [2.24, 2.45) is 0 Å². The zero-order chi connectivity index (χ0) is 12.2. The molecule has 6 heteroatoms. The van der Waals surface area contributed by atoms with Crippen molar-refractivity contribution in [2.75, 3.05) is 0 Å². The summed E-state index contributed by atoms with van der Waals surface area (Å²) in [5.41, 5.74) is 0.419. The molecule has 0 unspecified atom stereocenters. The molecule has 0 amide bonds. The van der Waals surface area contributed by atoms with Gasteiger partial charge in [0.15, 0.2) is 0 Å². The summed E-state index contributed by atoms with van der Waals surface area (Å²) in [6.07, 6.45) is -5.52. The van der Waals surface area contributed by atoms with Crippen LogP contribution in [0.2, 0.25) is 0 Å². The molecule has 1 rings (SSSR count). The third-order valence-electron chi connectivity index (χ3n) is 1.48. The zero-order valence-corrected chi connectivity index (χ0v) is 9.40. The van der Waals surface area contributed by atoms with Crippen LogP contribution >= 0.6 is 0 Å². The van der Waals surface area contributed by atoms with Gasteiger partial charge in [0.05, 0.1) is 0 Å². The second-order valence-corrected chi connectivity index (χ2v) is 4.64. The van der Waals surface area contributed by atoms with Crippen molar-refractivity contribution in [3.05, 3.63) is 35.9 Å². The van der Waals surface area contributed by atoms with Crippen LogP contribution in [-0.4, -0.2) is 26.0 Å². The van der Waals surface area contributed by atoms with Crippen molar-refractivity contribution in [3.63, 3.8) is 0 Å². The van der Waals surface area contributed by atoms with E-state index >= 15 is 0 Å². The molecule has 16 heavy (non-hydrogen) atoms. The van der Waals surface area contributed by atoms with Crippen LogP contribution in [0.4, 0.5) is 22.0 Å². The van der Waals surface area contributed by atoms with Crippen LogP contribution in [-0.2, 0) is 0 Å². The molecule has 0 aliphatic heterocycles. The van der Waals surface area contributed by atoms with Gasteiger partial charge in [-0.2, -0.15) is 0 Å². The zero-order valence-electron chi connectivity index (χ0n) is 7.68. The maximum absolute atomic E-state index is 12.4. The van der Waals surface area contributed by atoms with E-state index in [1.807, 2.05) is 4.82 Å². The molecule has 0 spiro atoms. The number of benzene rings is 1. The van der Waals surface area contributed by atoms with Crippen LogP contribution in [0.15, 0.2) is 30.3 Å². The first-order valence-corrected chi connectivity index (χ1v) is 5.73. The Morgan fingerprint density at radius 2 is 1.50 bits per heavy atom. The molecule has 0 radical (unpaired) electrons.